The van der Waals surface area contributed by atoms with Gasteiger partial charge in [0, 0.05) is 7.05 Å². The molecule has 0 spiro atoms. The Hall–Kier alpha value is -1.12. The summed E-state index contributed by atoms with van der Waals surface area (Å²) in [4.78, 5) is 28.3. The average molecular weight is 396 g/mol. The molecule has 6 fully saturated rings. The second-order valence-corrected chi connectivity index (χ2v) is 12.1. The number of imide groups is 1. The van der Waals surface area contributed by atoms with Gasteiger partial charge in [0.15, 0.2) is 0 Å². The number of amides is 2. The molecule has 5 saturated carbocycles. The molecule has 0 radical (unpaired) electrons. The van der Waals surface area contributed by atoms with Crippen molar-refractivity contribution in [2.45, 2.75) is 52.9 Å². The fourth-order valence-corrected chi connectivity index (χ4v) is 10.8. The Labute approximate surface area is 175 Å². The fraction of sp³-hybridized carbons (Fsp3) is 0.846. The van der Waals surface area contributed by atoms with Gasteiger partial charge in [-0.15, -0.1) is 6.58 Å². The fourth-order valence-electron chi connectivity index (χ4n) is 10.8. The summed E-state index contributed by atoms with van der Waals surface area (Å²) in [6.07, 6.45) is 8.56. The van der Waals surface area contributed by atoms with Crippen LogP contribution in [0.25, 0.3) is 0 Å². The van der Waals surface area contributed by atoms with Crippen LogP contribution >= 0.6 is 0 Å². The van der Waals surface area contributed by atoms with Crippen molar-refractivity contribution in [3.05, 3.63) is 12.7 Å². The van der Waals surface area contributed by atoms with Crippen LogP contribution in [0.2, 0.25) is 0 Å². The van der Waals surface area contributed by atoms with Crippen LogP contribution < -0.4 is 0 Å². The quantitative estimate of drug-likeness (QED) is 0.479. The highest BCUT2D eigenvalue weighted by molar-refractivity contribution is 6.05. The maximum Gasteiger partial charge on any atom is 0.233 e. The monoisotopic (exact) mass is 395 g/mol. The van der Waals surface area contributed by atoms with Gasteiger partial charge in [0.25, 0.3) is 0 Å². The predicted molar refractivity (Wildman–Crippen MR) is 112 cm³/mol. The molecule has 0 aromatic carbocycles. The third-order valence-electron chi connectivity index (χ3n) is 11.3. The first-order valence-corrected chi connectivity index (χ1v) is 12.3. The van der Waals surface area contributed by atoms with Crippen LogP contribution in [-0.4, -0.2) is 23.8 Å². The minimum absolute atomic E-state index is 0.0272. The Balaban J connectivity index is 1.57. The van der Waals surface area contributed by atoms with Gasteiger partial charge < -0.3 is 0 Å². The molecular formula is C26H37NO2. The first-order valence-electron chi connectivity index (χ1n) is 12.3. The summed E-state index contributed by atoms with van der Waals surface area (Å²) in [5.41, 5.74) is 0.178. The Morgan fingerprint density at radius 2 is 1.69 bits per heavy atom. The van der Waals surface area contributed by atoms with Crippen molar-refractivity contribution in [2.75, 3.05) is 7.05 Å². The number of allylic oxidation sites excluding steroid dienone is 1. The molecule has 3 nitrogen and oxygen atoms in total. The standard InChI is InChI=1S/C26H37NO2/c1-6-26(4)16-9-7-8-14-18(16)21-19(22-20(14)24(28)27(5)25(22)29)15-11-12(2)10-13(3)17(15)23(21)26/h6,12-23H,1,7-11H2,2-5H3. The zero-order chi connectivity index (χ0) is 20.4. The molecule has 29 heavy (non-hydrogen) atoms. The summed E-state index contributed by atoms with van der Waals surface area (Å²) in [5, 5.41) is 0. The van der Waals surface area contributed by atoms with Crippen LogP contribution in [0.3, 0.4) is 0 Å². The minimum Gasteiger partial charge on any atom is -0.285 e. The number of nitrogens with zero attached hydrogens (tertiary/aromatic N) is 1. The van der Waals surface area contributed by atoms with Crippen molar-refractivity contribution in [1.82, 2.24) is 4.90 Å². The van der Waals surface area contributed by atoms with E-state index in [4.69, 9.17) is 0 Å². The SMILES string of the molecule is C=CC1(C)C2CCCC3C4C(=O)N(C)C(=O)C4C4C5CC(C)CC(C)C5C1C4C32. The van der Waals surface area contributed by atoms with E-state index in [9.17, 15) is 9.59 Å². The number of fused-ring (bicyclic) bond motifs is 6. The van der Waals surface area contributed by atoms with Crippen molar-refractivity contribution in [2.24, 2.45) is 76.4 Å². The van der Waals surface area contributed by atoms with Crippen molar-refractivity contribution in [3.63, 3.8) is 0 Å². The van der Waals surface area contributed by atoms with E-state index in [1.165, 1.54) is 30.6 Å². The lowest BCUT2D eigenvalue weighted by Crippen LogP contribution is -2.50. The number of carbonyl (C=O) groups excluding carboxylic acids is 2. The van der Waals surface area contributed by atoms with E-state index in [1.54, 1.807) is 7.05 Å². The topological polar surface area (TPSA) is 37.4 Å². The Kier molecular flexibility index (Phi) is 3.70. The number of likely N-dealkylation sites (tertiary alicyclic amines) is 1. The van der Waals surface area contributed by atoms with E-state index in [2.05, 4.69) is 33.4 Å². The normalized spacial score (nSPS) is 60.1. The van der Waals surface area contributed by atoms with Gasteiger partial charge >= 0.3 is 0 Å². The number of hydrogen-bond acceptors (Lipinski definition) is 2. The number of hydrogen-bond donors (Lipinski definition) is 0. The molecule has 158 valence electrons. The third-order valence-corrected chi connectivity index (χ3v) is 11.3. The maximum atomic E-state index is 13.4. The van der Waals surface area contributed by atoms with Gasteiger partial charge in [0.2, 0.25) is 11.8 Å². The molecule has 1 saturated heterocycles. The van der Waals surface area contributed by atoms with E-state index >= 15 is 0 Å². The van der Waals surface area contributed by atoms with Gasteiger partial charge in [-0.25, -0.2) is 0 Å². The smallest absolute Gasteiger partial charge is 0.233 e. The van der Waals surface area contributed by atoms with Crippen LogP contribution in [0.15, 0.2) is 12.7 Å². The molecule has 0 aromatic heterocycles. The second kappa shape index (κ2) is 5.77. The van der Waals surface area contributed by atoms with E-state index < -0.39 is 0 Å². The predicted octanol–water partition coefficient (Wildman–Crippen LogP) is 4.63. The number of rotatable bonds is 1. The van der Waals surface area contributed by atoms with Gasteiger partial charge in [-0.3, -0.25) is 14.5 Å². The van der Waals surface area contributed by atoms with Crippen molar-refractivity contribution in [3.8, 4) is 0 Å². The zero-order valence-electron chi connectivity index (χ0n) is 18.5. The van der Waals surface area contributed by atoms with Crippen molar-refractivity contribution in [1.29, 1.82) is 0 Å². The first-order chi connectivity index (χ1) is 13.8. The van der Waals surface area contributed by atoms with Crippen LogP contribution in [0.1, 0.15) is 52.9 Å². The molecule has 2 amide bonds. The van der Waals surface area contributed by atoms with Gasteiger partial charge in [-0.05, 0) is 90.3 Å². The minimum atomic E-state index is -0.0281. The molecule has 3 heteroatoms. The summed E-state index contributed by atoms with van der Waals surface area (Å²) in [7, 11) is 1.75. The Morgan fingerprint density at radius 3 is 2.41 bits per heavy atom. The van der Waals surface area contributed by atoms with Gasteiger partial charge in [-0.2, -0.15) is 0 Å². The second-order valence-electron chi connectivity index (χ2n) is 12.1. The molecule has 0 aromatic rings. The highest BCUT2D eigenvalue weighted by Crippen LogP contribution is 2.77. The summed E-state index contributed by atoms with van der Waals surface area (Å²) in [5.74, 6) is 6.52. The molecular weight excluding hydrogens is 358 g/mol. The van der Waals surface area contributed by atoms with Gasteiger partial charge in [-0.1, -0.05) is 33.3 Å². The van der Waals surface area contributed by atoms with E-state index in [0.29, 0.717) is 47.3 Å². The molecule has 13 unspecified atom stereocenters. The average Bonchev–Trinajstić information content (AvgIpc) is 3.25. The third kappa shape index (κ3) is 1.97. The van der Waals surface area contributed by atoms with Gasteiger partial charge in [0.1, 0.15) is 0 Å². The summed E-state index contributed by atoms with van der Waals surface area (Å²) in [6, 6.07) is 0. The largest absolute Gasteiger partial charge is 0.285 e. The Morgan fingerprint density at radius 1 is 0.966 bits per heavy atom. The maximum absolute atomic E-state index is 13.4. The highest BCUT2D eigenvalue weighted by atomic mass is 16.2. The first kappa shape index (κ1) is 18.6. The van der Waals surface area contributed by atoms with Crippen LogP contribution in [0.4, 0.5) is 0 Å². The lowest BCUT2D eigenvalue weighted by Gasteiger charge is -2.52. The van der Waals surface area contributed by atoms with Crippen molar-refractivity contribution >= 4 is 11.8 Å². The van der Waals surface area contributed by atoms with Crippen molar-refractivity contribution < 1.29 is 9.59 Å². The lowest BCUT2D eigenvalue weighted by molar-refractivity contribution is -0.138. The molecule has 13 atom stereocenters. The Bertz CT molecular complexity index is 790. The summed E-state index contributed by atoms with van der Waals surface area (Å²) in [6.45, 7) is 11.8. The molecule has 0 N–H and O–H groups in total. The molecule has 6 aliphatic rings. The van der Waals surface area contributed by atoms with E-state index in [1.807, 2.05) is 0 Å². The molecule has 5 aliphatic carbocycles. The van der Waals surface area contributed by atoms with Crippen LogP contribution in [0.5, 0.6) is 0 Å². The van der Waals surface area contributed by atoms with E-state index in [0.717, 1.165) is 18.3 Å². The molecule has 1 heterocycles. The van der Waals surface area contributed by atoms with Gasteiger partial charge in [0.05, 0.1) is 11.8 Å². The lowest BCUT2D eigenvalue weighted by atomic mass is 9.51. The molecule has 1 aliphatic heterocycles. The van der Waals surface area contributed by atoms with Crippen LogP contribution in [0, 0.1) is 76.4 Å². The molecule has 0 bridgehead atoms. The summed E-state index contributed by atoms with van der Waals surface area (Å²) < 4.78 is 0. The van der Waals surface area contributed by atoms with Crippen LogP contribution in [-0.2, 0) is 9.59 Å². The van der Waals surface area contributed by atoms with E-state index in [-0.39, 0.29) is 29.1 Å². The number of carbonyl (C=O) groups is 2. The summed E-state index contributed by atoms with van der Waals surface area (Å²) >= 11 is 0. The molecule has 6 rings (SSSR count). The zero-order valence-corrected chi connectivity index (χ0v) is 18.5. The highest BCUT2D eigenvalue weighted by Gasteiger charge is 2.75.